The fourth-order valence-corrected chi connectivity index (χ4v) is 1.21. The van der Waals surface area contributed by atoms with Gasteiger partial charge in [-0.05, 0) is 25.7 Å². The molecule has 0 aromatic rings. The maximum Gasteiger partial charge on any atom is -0.0313 e. The van der Waals surface area contributed by atoms with Crippen LogP contribution in [0, 0.1) is 0 Å². The Kier molecular flexibility index (Phi) is 6.39. The van der Waals surface area contributed by atoms with Gasteiger partial charge in [0.15, 0.2) is 0 Å². The van der Waals surface area contributed by atoms with Crippen molar-refractivity contribution in [2.75, 3.05) is 0 Å². The van der Waals surface area contributed by atoms with Gasteiger partial charge in [0, 0.05) is 0 Å². The smallest absolute Gasteiger partial charge is 0.0313 e. The van der Waals surface area contributed by atoms with Crippen LogP contribution >= 0.6 is 0 Å². The van der Waals surface area contributed by atoms with Crippen molar-refractivity contribution in [3.05, 3.63) is 60.8 Å². The van der Waals surface area contributed by atoms with E-state index in [4.69, 9.17) is 0 Å². The van der Waals surface area contributed by atoms with Gasteiger partial charge in [-0.2, -0.15) is 0 Å². The topological polar surface area (TPSA) is 0 Å². The molecule has 0 bridgehead atoms. The van der Waals surface area contributed by atoms with Crippen molar-refractivity contribution in [2.45, 2.75) is 25.7 Å². The van der Waals surface area contributed by atoms with E-state index in [0.717, 1.165) is 25.7 Å². The SMILES string of the molecule is C1=CCCC=C/C=C/C=C/CCC=C1. The van der Waals surface area contributed by atoms with Crippen molar-refractivity contribution < 1.29 is 0 Å². The van der Waals surface area contributed by atoms with E-state index < -0.39 is 0 Å². The van der Waals surface area contributed by atoms with E-state index in [-0.39, 0.29) is 0 Å². The average molecular weight is 186 g/mol. The molecule has 74 valence electrons. The summed E-state index contributed by atoms with van der Waals surface area (Å²) in [6, 6.07) is 0. The molecule has 0 heteroatoms. The Hall–Kier alpha value is -1.30. The molecule has 0 aromatic carbocycles. The minimum atomic E-state index is 1.12. The highest BCUT2D eigenvalue weighted by Crippen LogP contribution is 1.97. The minimum absolute atomic E-state index is 1.12. The summed E-state index contributed by atoms with van der Waals surface area (Å²) in [6.45, 7) is 0. The summed E-state index contributed by atoms with van der Waals surface area (Å²) in [4.78, 5) is 0. The fraction of sp³-hybridized carbons (Fsp3) is 0.286. The third-order valence-corrected chi connectivity index (χ3v) is 1.99. The van der Waals surface area contributed by atoms with Crippen molar-refractivity contribution in [1.29, 1.82) is 0 Å². The summed E-state index contributed by atoms with van der Waals surface area (Å²) in [5, 5.41) is 0. The molecule has 0 saturated carbocycles. The predicted octanol–water partition coefficient (Wildman–Crippen LogP) is 4.34. The van der Waals surface area contributed by atoms with Crippen LogP contribution < -0.4 is 0 Å². The summed E-state index contributed by atoms with van der Waals surface area (Å²) in [7, 11) is 0. The molecule has 0 radical (unpaired) electrons. The van der Waals surface area contributed by atoms with Crippen LogP contribution in [0.4, 0.5) is 0 Å². The molecule has 0 fully saturated rings. The highest BCUT2D eigenvalue weighted by Gasteiger charge is 1.77. The van der Waals surface area contributed by atoms with Gasteiger partial charge in [0.25, 0.3) is 0 Å². The van der Waals surface area contributed by atoms with Gasteiger partial charge in [-0.3, -0.25) is 0 Å². The van der Waals surface area contributed by atoms with Crippen molar-refractivity contribution >= 4 is 0 Å². The first kappa shape index (κ1) is 10.8. The van der Waals surface area contributed by atoms with E-state index >= 15 is 0 Å². The van der Waals surface area contributed by atoms with E-state index in [9.17, 15) is 0 Å². The van der Waals surface area contributed by atoms with Gasteiger partial charge in [-0.1, -0.05) is 60.8 Å². The molecule has 0 atom stereocenters. The standard InChI is InChI=1S/C14H18/c1-2-4-6-8-10-12-14-13-11-9-7-5-3-1/h1-6,11-14H,7-10H2/b2-1+,5-3+,6-4?,13-11?,14-12?. The molecule has 0 spiro atoms. The Labute approximate surface area is 87.0 Å². The van der Waals surface area contributed by atoms with E-state index in [2.05, 4.69) is 60.8 Å². The van der Waals surface area contributed by atoms with Crippen LogP contribution in [0.25, 0.3) is 0 Å². The van der Waals surface area contributed by atoms with Crippen LogP contribution in [0.3, 0.4) is 0 Å². The molecule has 0 heterocycles. The Bertz CT molecular complexity index is 234. The van der Waals surface area contributed by atoms with Gasteiger partial charge < -0.3 is 0 Å². The molecule has 0 amide bonds. The Morgan fingerprint density at radius 2 is 0.643 bits per heavy atom. The van der Waals surface area contributed by atoms with Crippen molar-refractivity contribution in [3.8, 4) is 0 Å². The first-order valence-electron chi connectivity index (χ1n) is 5.30. The highest BCUT2D eigenvalue weighted by molar-refractivity contribution is 5.12. The molecule has 0 saturated heterocycles. The lowest BCUT2D eigenvalue weighted by atomic mass is 10.2. The van der Waals surface area contributed by atoms with Gasteiger partial charge in [-0.25, -0.2) is 0 Å². The molecule has 1 aliphatic carbocycles. The molecule has 0 aliphatic heterocycles. The molecule has 14 heavy (non-hydrogen) atoms. The Morgan fingerprint density at radius 1 is 0.357 bits per heavy atom. The lowest BCUT2D eigenvalue weighted by molar-refractivity contribution is 1.04. The van der Waals surface area contributed by atoms with Crippen LogP contribution in [-0.2, 0) is 0 Å². The monoisotopic (exact) mass is 186 g/mol. The maximum absolute atomic E-state index is 2.21. The molecule has 0 N–H and O–H groups in total. The number of hydrogen-bond donors (Lipinski definition) is 0. The summed E-state index contributed by atoms with van der Waals surface area (Å²) in [6.07, 6.45) is 26.0. The number of allylic oxidation sites excluding steroid dienone is 10. The summed E-state index contributed by atoms with van der Waals surface area (Å²) < 4.78 is 0. The summed E-state index contributed by atoms with van der Waals surface area (Å²) >= 11 is 0. The molecule has 1 rings (SSSR count). The predicted molar refractivity (Wildman–Crippen MR) is 64.2 cm³/mol. The van der Waals surface area contributed by atoms with Crippen LogP contribution in [0.1, 0.15) is 25.7 Å². The van der Waals surface area contributed by atoms with Crippen LogP contribution in [-0.4, -0.2) is 0 Å². The van der Waals surface area contributed by atoms with Gasteiger partial charge in [0.2, 0.25) is 0 Å². The normalized spacial score (nSPS) is 22.9. The Morgan fingerprint density at radius 3 is 1.00 bits per heavy atom. The summed E-state index contributed by atoms with van der Waals surface area (Å²) in [5.41, 5.74) is 0. The maximum atomic E-state index is 2.21. The van der Waals surface area contributed by atoms with Gasteiger partial charge in [0.05, 0.1) is 0 Å². The second kappa shape index (κ2) is 8.31. The van der Waals surface area contributed by atoms with Gasteiger partial charge in [-0.15, -0.1) is 0 Å². The molecular formula is C14H18. The van der Waals surface area contributed by atoms with Crippen molar-refractivity contribution in [3.63, 3.8) is 0 Å². The number of hydrogen-bond acceptors (Lipinski definition) is 0. The molecule has 1 aliphatic rings. The van der Waals surface area contributed by atoms with Crippen LogP contribution in [0.2, 0.25) is 0 Å². The van der Waals surface area contributed by atoms with Crippen LogP contribution in [0.5, 0.6) is 0 Å². The Balaban J connectivity index is 2.45. The van der Waals surface area contributed by atoms with E-state index in [1.165, 1.54) is 0 Å². The van der Waals surface area contributed by atoms with E-state index in [1.807, 2.05) is 0 Å². The van der Waals surface area contributed by atoms with Crippen LogP contribution in [0.15, 0.2) is 60.8 Å². The summed E-state index contributed by atoms with van der Waals surface area (Å²) in [5.74, 6) is 0. The van der Waals surface area contributed by atoms with Crippen molar-refractivity contribution in [2.24, 2.45) is 0 Å². The quantitative estimate of drug-likeness (QED) is 0.528. The fourth-order valence-electron chi connectivity index (χ4n) is 1.21. The lowest BCUT2D eigenvalue weighted by Gasteiger charge is -1.87. The molecular weight excluding hydrogens is 168 g/mol. The van der Waals surface area contributed by atoms with Gasteiger partial charge >= 0.3 is 0 Å². The molecule has 0 nitrogen and oxygen atoms in total. The second-order valence-corrected chi connectivity index (χ2v) is 3.25. The van der Waals surface area contributed by atoms with E-state index in [0.29, 0.717) is 0 Å². The minimum Gasteiger partial charge on any atom is -0.0842 e. The zero-order valence-corrected chi connectivity index (χ0v) is 8.60. The molecule has 0 unspecified atom stereocenters. The third kappa shape index (κ3) is 6.24. The lowest BCUT2D eigenvalue weighted by Crippen LogP contribution is -1.66. The second-order valence-electron chi connectivity index (χ2n) is 3.25. The first-order chi connectivity index (χ1) is 7.00. The zero-order chi connectivity index (χ0) is 9.90. The number of rotatable bonds is 0. The largest absolute Gasteiger partial charge is 0.0842 e. The average Bonchev–Trinajstić information content (AvgIpc) is 2.22. The first-order valence-corrected chi connectivity index (χ1v) is 5.30. The highest BCUT2D eigenvalue weighted by atomic mass is 13.8. The third-order valence-electron chi connectivity index (χ3n) is 1.99. The molecule has 0 aromatic heterocycles. The van der Waals surface area contributed by atoms with E-state index in [1.54, 1.807) is 0 Å². The van der Waals surface area contributed by atoms with Crippen molar-refractivity contribution in [1.82, 2.24) is 0 Å². The van der Waals surface area contributed by atoms with Gasteiger partial charge in [0.1, 0.15) is 0 Å². The zero-order valence-electron chi connectivity index (χ0n) is 8.60.